The molecule has 0 amide bonds. The lowest BCUT2D eigenvalue weighted by molar-refractivity contribution is 0.0480. The predicted octanol–water partition coefficient (Wildman–Crippen LogP) is 4.98. The van der Waals surface area contributed by atoms with E-state index in [-0.39, 0.29) is 30.9 Å². The maximum atomic E-state index is 13.1. The minimum atomic E-state index is -0.607. The van der Waals surface area contributed by atoms with Crippen LogP contribution in [0.25, 0.3) is 16.9 Å². The first-order valence-corrected chi connectivity index (χ1v) is 10.9. The molecular weight excluding hydrogens is 422 g/mol. The zero-order valence-corrected chi connectivity index (χ0v) is 19.2. The lowest BCUT2D eigenvalue weighted by atomic mass is 10.0. The van der Waals surface area contributed by atoms with Gasteiger partial charge in [0, 0.05) is 11.4 Å². The zero-order valence-electron chi connectivity index (χ0n) is 19.2. The molecule has 7 nitrogen and oxygen atoms in total. The van der Waals surface area contributed by atoms with E-state index >= 15 is 0 Å². The first-order chi connectivity index (χ1) is 15.9. The molecule has 3 aromatic rings. The van der Waals surface area contributed by atoms with Crippen LogP contribution in [-0.2, 0) is 14.2 Å². The summed E-state index contributed by atoms with van der Waals surface area (Å²) in [5, 5.41) is 0. The van der Waals surface area contributed by atoms with E-state index in [1.807, 2.05) is 34.9 Å². The second kappa shape index (κ2) is 10.6. The van der Waals surface area contributed by atoms with Crippen molar-refractivity contribution in [3.05, 3.63) is 77.0 Å². The van der Waals surface area contributed by atoms with E-state index < -0.39 is 17.9 Å². The van der Waals surface area contributed by atoms with Gasteiger partial charge in [-0.1, -0.05) is 30.3 Å². The normalized spacial score (nSPS) is 10.5. The van der Waals surface area contributed by atoms with Crippen LogP contribution in [0.4, 0.5) is 0 Å². The predicted molar refractivity (Wildman–Crippen MR) is 124 cm³/mol. The molecule has 0 bridgehead atoms. The van der Waals surface area contributed by atoms with Gasteiger partial charge in [0.1, 0.15) is 5.56 Å². The van der Waals surface area contributed by atoms with E-state index in [1.165, 1.54) is 0 Å². The van der Waals surface area contributed by atoms with Crippen molar-refractivity contribution in [2.75, 3.05) is 19.8 Å². The van der Waals surface area contributed by atoms with Gasteiger partial charge in [0.2, 0.25) is 0 Å². The quantitative estimate of drug-likeness (QED) is 0.356. The van der Waals surface area contributed by atoms with Crippen LogP contribution < -0.4 is 0 Å². The second-order valence-corrected chi connectivity index (χ2v) is 7.09. The summed E-state index contributed by atoms with van der Waals surface area (Å²) in [6.45, 7) is 7.52. The van der Waals surface area contributed by atoms with Crippen LogP contribution in [0, 0.1) is 6.92 Å². The number of carbonyl (C=O) groups excluding carboxylic acids is 3. The summed E-state index contributed by atoms with van der Waals surface area (Å²) in [5.74, 6) is -1.63. The third-order valence-corrected chi connectivity index (χ3v) is 5.05. The van der Waals surface area contributed by atoms with E-state index in [0.717, 1.165) is 5.56 Å². The lowest BCUT2D eigenvalue weighted by Gasteiger charge is -2.14. The van der Waals surface area contributed by atoms with E-state index in [1.54, 1.807) is 52.0 Å². The minimum absolute atomic E-state index is 0.147. The molecule has 0 saturated carbocycles. The Morgan fingerprint density at radius 1 is 0.697 bits per heavy atom. The highest BCUT2D eigenvalue weighted by Crippen LogP contribution is 2.35. The van der Waals surface area contributed by atoms with Gasteiger partial charge in [-0.05, 0) is 57.5 Å². The van der Waals surface area contributed by atoms with Crippen LogP contribution in [-0.4, -0.2) is 42.3 Å². The maximum Gasteiger partial charge on any atom is 0.341 e. The average molecular weight is 450 g/mol. The molecule has 0 unspecified atom stereocenters. The summed E-state index contributed by atoms with van der Waals surface area (Å²) in [7, 11) is 0. The molecule has 1 heterocycles. The SMILES string of the molecule is CCOC(=O)c1ccc(-n2c(C)c(C(=O)OCC)c(C(=O)OCC)c2-c2ccccc2)cc1. The average Bonchev–Trinajstić information content (AvgIpc) is 3.13. The summed E-state index contributed by atoms with van der Waals surface area (Å²) in [4.78, 5) is 38.1. The van der Waals surface area contributed by atoms with Gasteiger partial charge in [-0.25, -0.2) is 14.4 Å². The molecular formula is C26H27NO6. The van der Waals surface area contributed by atoms with Crippen molar-refractivity contribution in [3.63, 3.8) is 0 Å². The highest BCUT2D eigenvalue weighted by molar-refractivity contribution is 6.09. The number of esters is 3. The maximum absolute atomic E-state index is 13.1. The molecule has 1 aromatic heterocycles. The molecule has 2 aromatic carbocycles. The number of benzene rings is 2. The second-order valence-electron chi connectivity index (χ2n) is 7.09. The lowest BCUT2D eigenvalue weighted by Crippen LogP contribution is -2.13. The summed E-state index contributed by atoms with van der Waals surface area (Å²) >= 11 is 0. The highest BCUT2D eigenvalue weighted by atomic mass is 16.5. The van der Waals surface area contributed by atoms with Gasteiger partial charge in [0.25, 0.3) is 0 Å². The Bertz CT molecular complexity index is 1150. The van der Waals surface area contributed by atoms with Crippen LogP contribution in [0.2, 0.25) is 0 Å². The largest absolute Gasteiger partial charge is 0.462 e. The van der Waals surface area contributed by atoms with Gasteiger partial charge >= 0.3 is 17.9 Å². The molecule has 0 aliphatic heterocycles. The van der Waals surface area contributed by atoms with E-state index in [4.69, 9.17) is 14.2 Å². The number of aromatic nitrogens is 1. The standard InChI is InChI=1S/C26H27NO6/c1-5-31-24(28)19-13-15-20(16-14-19)27-17(4)21(25(29)32-6-2)22(26(30)33-7-3)23(27)18-11-9-8-10-12-18/h8-16H,5-7H2,1-4H3. The molecule has 0 N–H and O–H groups in total. The van der Waals surface area contributed by atoms with Crippen molar-refractivity contribution in [1.29, 1.82) is 0 Å². The van der Waals surface area contributed by atoms with Gasteiger partial charge in [0.15, 0.2) is 0 Å². The minimum Gasteiger partial charge on any atom is -0.462 e. The first kappa shape index (κ1) is 23.8. The topological polar surface area (TPSA) is 83.8 Å². The van der Waals surface area contributed by atoms with Gasteiger partial charge < -0.3 is 18.8 Å². The fourth-order valence-electron chi connectivity index (χ4n) is 3.70. The molecule has 0 fully saturated rings. The van der Waals surface area contributed by atoms with E-state index in [0.29, 0.717) is 22.6 Å². The van der Waals surface area contributed by atoms with Gasteiger partial charge in [-0.3, -0.25) is 0 Å². The Morgan fingerprint density at radius 3 is 1.76 bits per heavy atom. The van der Waals surface area contributed by atoms with E-state index in [9.17, 15) is 14.4 Å². The third-order valence-electron chi connectivity index (χ3n) is 5.05. The molecule has 0 aliphatic carbocycles. The van der Waals surface area contributed by atoms with E-state index in [2.05, 4.69) is 0 Å². The fourth-order valence-corrected chi connectivity index (χ4v) is 3.70. The Labute approximate surface area is 192 Å². The van der Waals surface area contributed by atoms with Crippen molar-refractivity contribution >= 4 is 17.9 Å². The third kappa shape index (κ3) is 4.82. The number of ether oxygens (including phenoxy) is 3. The molecule has 3 rings (SSSR count). The molecule has 0 aliphatic rings. The summed E-state index contributed by atoms with van der Waals surface area (Å²) < 4.78 is 17.5. The number of rotatable bonds is 8. The van der Waals surface area contributed by atoms with Crippen molar-refractivity contribution in [2.24, 2.45) is 0 Å². The molecule has 0 saturated heterocycles. The smallest absolute Gasteiger partial charge is 0.341 e. The van der Waals surface area contributed by atoms with Gasteiger partial charge in [-0.15, -0.1) is 0 Å². The number of hydrogen-bond donors (Lipinski definition) is 0. The fraction of sp³-hybridized carbons (Fsp3) is 0.269. The highest BCUT2D eigenvalue weighted by Gasteiger charge is 2.32. The molecule has 7 heteroatoms. The van der Waals surface area contributed by atoms with Crippen molar-refractivity contribution < 1.29 is 28.6 Å². The Morgan fingerprint density at radius 2 is 1.21 bits per heavy atom. The summed E-state index contributed by atoms with van der Waals surface area (Å²) in [6.07, 6.45) is 0. The van der Waals surface area contributed by atoms with Crippen LogP contribution in [0.3, 0.4) is 0 Å². The summed E-state index contributed by atoms with van der Waals surface area (Å²) in [6, 6.07) is 16.1. The van der Waals surface area contributed by atoms with Crippen LogP contribution in [0.15, 0.2) is 54.6 Å². The van der Waals surface area contributed by atoms with Crippen LogP contribution >= 0.6 is 0 Å². The molecule has 0 atom stereocenters. The van der Waals surface area contributed by atoms with Gasteiger partial charge in [0.05, 0.1) is 36.6 Å². The summed E-state index contributed by atoms with van der Waals surface area (Å²) in [5.41, 5.74) is 3.15. The monoisotopic (exact) mass is 449 g/mol. The molecule has 0 radical (unpaired) electrons. The van der Waals surface area contributed by atoms with Gasteiger partial charge in [-0.2, -0.15) is 0 Å². The van der Waals surface area contributed by atoms with Crippen molar-refractivity contribution in [2.45, 2.75) is 27.7 Å². The van der Waals surface area contributed by atoms with Crippen LogP contribution in [0.1, 0.15) is 57.5 Å². The van der Waals surface area contributed by atoms with Crippen LogP contribution in [0.5, 0.6) is 0 Å². The Hall–Kier alpha value is -3.87. The number of hydrogen-bond acceptors (Lipinski definition) is 6. The van der Waals surface area contributed by atoms with Crippen molar-refractivity contribution in [3.8, 4) is 16.9 Å². The first-order valence-electron chi connectivity index (χ1n) is 10.9. The number of nitrogens with zero attached hydrogens (tertiary/aromatic N) is 1. The Balaban J connectivity index is 2.31. The molecule has 172 valence electrons. The molecule has 33 heavy (non-hydrogen) atoms. The number of carbonyl (C=O) groups is 3. The Kier molecular flexibility index (Phi) is 7.66. The zero-order chi connectivity index (χ0) is 24.0. The van der Waals surface area contributed by atoms with Crippen molar-refractivity contribution in [1.82, 2.24) is 4.57 Å². The molecule has 0 spiro atoms.